The van der Waals surface area contributed by atoms with Gasteiger partial charge in [0, 0.05) is 6.42 Å². The van der Waals surface area contributed by atoms with E-state index in [0.29, 0.717) is 0 Å². The van der Waals surface area contributed by atoms with E-state index in [9.17, 15) is 5.11 Å². The summed E-state index contributed by atoms with van der Waals surface area (Å²) in [6.45, 7) is 10.4. The van der Waals surface area contributed by atoms with E-state index in [1.54, 1.807) is 0 Å². The van der Waals surface area contributed by atoms with E-state index < -0.39 is 11.2 Å². The van der Waals surface area contributed by atoms with Gasteiger partial charge in [-0.2, -0.15) is 0 Å². The van der Waals surface area contributed by atoms with Crippen LogP contribution in [-0.4, -0.2) is 21.9 Å². The number of hydrogen-bond acceptors (Lipinski definition) is 2. The van der Waals surface area contributed by atoms with Gasteiger partial charge < -0.3 is 9.84 Å². The van der Waals surface area contributed by atoms with Gasteiger partial charge in [-0.05, 0) is 34.1 Å². The van der Waals surface area contributed by atoms with Crippen LogP contribution in [0.2, 0.25) is 0 Å². The van der Waals surface area contributed by atoms with Crippen molar-refractivity contribution < 1.29 is 9.84 Å². The van der Waals surface area contributed by atoms with Crippen molar-refractivity contribution in [1.29, 1.82) is 0 Å². The largest absolute Gasteiger partial charge is 0.387 e. The molecule has 1 fully saturated rings. The Bertz CT molecular complexity index is 258. The summed E-state index contributed by atoms with van der Waals surface area (Å²) in [5, 5.41) is 10.8. The quantitative estimate of drug-likeness (QED) is 0.682. The topological polar surface area (TPSA) is 29.5 Å². The Morgan fingerprint density at radius 3 is 2.00 bits per heavy atom. The van der Waals surface area contributed by atoms with Crippen molar-refractivity contribution in [2.75, 3.05) is 0 Å². The molecule has 0 saturated carbocycles. The molecule has 108 valence electrons. The molecule has 0 amide bonds. The molecule has 1 aliphatic rings. The molecule has 1 N–H and O–H groups in total. The van der Waals surface area contributed by atoms with E-state index in [1.807, 2.05) is 13.8 Å². The van der Waals surface area contributed by atoms with E-state index in [-0.39, 0.29) is 5.60 Å². The maximum atomic E-state index is 10.8. The van der Waals surface area contributed by atoms with Crippen LogP contribution in [0.5, 0.6) is 0 Å². The summed E-state index contributed by atoms with van der Waals surface area (Å²) >= 11 is 0. The van der Waals surface area contributed by atoms with Crippen molar-refractivity contribution in [3.05, 3.63) is 0 Å². The summed E-state index contributed by atoms with van der Waals surface area (Å²) in [7, 11) is 0. The highest BCUT2D eigenvalue weighted by Crippen LogP contribution is 2.47. The van der Waals surface area contributed by atoms with Gasteiger partial charge in [0.2, 0.25) is 0 Å². The molecular formula is C16H32O2. The lowest BCUT2D eigenvalue weighted by Crippen LogP contribution is -2.46. The van der Waals surface area contributed by atoms with Crippen LogP contribution in [-0.2, 0) is 4.74 Å². The van der Waals surface area contributed by atoms with Crippen LogP contribution in [0, 0.1) is 0 Å². The Kier molecular flexibility index (Phi) is 5.25. The summed E-state index contributed by atoms with van der Waals surface area (Å²) in [6.07, 6.45) is 9.24. The molecule has 0 spiro atoms. The van der Waals surface area contributed by atoms with Gasteiger partial charge in [-0.25, -0.2) is 0 Å². The Morgan fingerprint density at radius 2 is 1.50 bits per heavy atom. The van der Waals surface area contributed by atoms with Gasteiger partial charge in [0.25, 0.3) is 0 Å². The number of ether oxygens (including phenoxy) is 1. The number of rotatable bonds is 7. The molecule has 0 aromatic carbocycles. The molecule has 1 saturated heterocycles. The Morgan fingerprint density at radius 1 is 0.944 bits per heavy atom. The summed E-state index contributed by atoms with van der Waals surface area (Å²) in [5.41, 5.74) is -1.26. The lowest BCUT2D eigenvalue weighted by atomic mass is 9.78. The van der Waals surface area contributed by atoms with Crippen molar-refractivity contribution in [3.8, 4) is 0 Å². The fraction of sp³-hybridized carbons (Fsp3) is 1.00. The first-order valence-electron chi connectivity index (χ1n) is 7.65. The van der Waals surface area contributed by atoms with E-state index in [2.05, 4.69) is 20.8 Å². The van der Waals surface area contributed by atoms with Gasteiger partial charge in [0.15, 0.2) is 0 Å². The summed E-state index contributed by atoms with van der Waals surface area (Å²) in [6, 6.07) is 0. The third-order valence-electron chi connectivity index (χ3n) is 4.31. The van der Waals surface area contributed by atoms with E-state index in [1.165, 1.54) is 32.1 Å². The summed E-state index contributed by atoms with van der Waals surface area (Å²) in [4.78, 5) is 0. The standard InChI is InChI=1S/C16H32O2/c1-6-7-8-9-10-11-12-16(17)13-14(2,3)18-15(16,4)5/h17H,6-13H2,1-5H3. The van der Waals surface area contributed by atoms with Gasteiger partial charge in [-0.1, -0.05) is 45.4 Å². The first-order chi connectivity index (χ1) is 8.22. The maximum absolute atomic E-state index is 10.8. The third kappa shape index (κ3) is 3.96. The van der Waals surface area contributed by atoms with Gasteiger partial charge in [-0.15, -0.1) is 0 Å². The third-order valence-corrected chi connectivity index (χ3v) is 4.31. The minimum atomic E-state index is -0.652. The highest BCUT2D eigenvalue weighted by atomic mass is 16.5. The molecule has 18 heavy (non-hydrogen) atoms. The van der Waals surface area contributed by atoms with Gasteiger partial charge in [-0.3, -0.25) is 0 Å². The van der Waals surface area contributed by atoms with Crippen molar-refractivity contribution in [2.45, 2.75) is 103 Å². The molecular weight excluding hydrogens is 224 g/mol. The van der Waals surface area contributed by atoms with Crippen LogP contribution in [0.1, 0.15) is 86.0 Å². The van der Waals surface area contributed by atoms with Crippen LogP contribution in [0.25, 0.3) is 0 Å². The maximum Gasteiger partial charge on any atom is 0.0958 e. The van der Waals surface area contributed by atoms with Crippen LogP contribution < -0.4 is 0 Å². The molecule has 0 aromatic heterocycles. The molecule has 2 heteroatoms. The molecule has 2 nitrogen and oxygen atoms in total. The van der Waals surface area contributed by atoms with E-state index in [4.69, 9.17) is 4.74 Å². The second-order valence-electron chi connectivity index (χ2n) is 7.10. The Hall–Kier alpha value is -0.0800. The monoisotopic (exact) mass is 256 g/mol. The molecule has 0 radical (unpaired) electrons. The number of aliphatic hydroxyl groups is 1. The predicted octanol–water partition coefficient (Wildman–Crippen LogP) is 4.45. The molecule has 1 rings (SSSR count). The van der Waals surface area contributed by atoms with Crippen molar-refractivity contribution in [2.24, 2.45) is 0 Å². The zero-order chi connectivity index (χ0) is 13.9. The van der Waals surface area contributed by atoms with Crippen molar-refractivity contribution >= 4 is 0 Å². The first kappa shape index (κ1) is 16.0. The molecule has 0 aliphatic carbocycles. The molecule has 1 unspecified atom stereocenters. The molecule has 1 aliphatic heterocycles. The van der Waals surface area contributed by atoms with Crippen LogP contribution in [0.15, 0.2) is 0 Å². The van der Waals surface area contributed by atoms with Crippen molar-refractivity contribution in [3.63, 3.8) is 0 Å². The lowest BCUT2D eigenvalue weighted by Gasteiger charge is -2.35. The normalized spacial score (nSPS) is 29.7. The average Bonchev–Trinajstić information content (AvgIpc) is 2.36. The van der Waals surface area contributed by atoms with Gasteiger partial charge >= 0.3 is 0 Å². The van der Waals surface area contributed by atoms with E-state index >= 15 is 0 Å². The molecule has 0 bridgehead atoms. The average molecular weight is 256 g/mol. The van der Waals surface area contributed by atoms with Crippen LogP contribution in [0.4, 0.5) is 0 Å². The second kappa shape index (κ2) is 5.92. The fourth-order valence-corrected chi connectivity index (χ4v) is 3.33. The highest BCUT2D eigenvalue weighted by molar-refractivity contribution is 5.05. The first-order valence-corrected chi connectivity index (χ1v) is 7.65. The van der Waals surface area contributed by atoms with Gasteiger partial charge in [0.05, 0.1) is 16.8 Å². The van der Waals surface area contributed by atoms with Gasteiger partial charge in [0.1, 0.15) is 0 Å². The van der Waals surface area contributed by atoms with Crippen LogP contribution in [0.3, 0.4) is 0 Å². The van der Waals surface area contributed by atoms with E-state index in [0.717, 1.165) is 19.3 Å². The summed E-state index contributed by atoms with van der Waals surface area (Å²) < 4.78 is 6.00. The van der Waals surface area contributed by atoms with Crippen molar-refractivity contribution in [1.82, 2.24) is 0 Å². The smallest absolute Gasteiger partial charge is 0.0958 e. The molecule has 1 atom stereocenters. The molecule has 0 aromatic rings. The second-order valence-corrected chi connectivity index (χ2v) is 7.10. The minimum absolute atomic E-state index is 0.194. The predicted molar refractivity (Wildman–Crippen MR) is 76.8 cm³/mol. The Balaban J connectivity index is 2.36. The number of hydrogen-bond donors (Lipinski definition) is 1. The minimum Gasteiger partial charge on any atom is -0.387 e. The SMILES string of the molecule is CCCCCCCCC1(O)CC(C)(C)OC1(C)C. The fourth-order valence-electron chi connectivity index (χ4n) is 3.33. The zero-order valence-corrected chi connectivity index (χ0v) is 13.0. The highest BCUT2D eigenvalue weighted by Gasteiger charge is 2.55. The lowest BCUT2D eigenvalue weighted by molar-refractivity contribution is -0.129. The zero-order valence-electron chi connectivity index (χ0n) is 13.0. The van der Waals surface area contributed by atoms with Crippen LogP contribution >= 0.6 is 0 Å². The summed E-state index contributed by atoms with van der Waals surface area (Å²) in [5.74, 6) is 0. The Labute approximate surface area is 113 Å². The number of unbranched alkanes of at least 4 members (excludes halogenated alkanes) is 5. The molecule has 1 heterocycles.